The minimum atomic E-state index is -0.357. The van der Waals surface area contributed by atoms with Crippen molar-refractivity contribution in [2.75, 3.05) is 6.54 Å². The second-order valence-corrected chi connectivity index (χ2v) is 7.00. The van der Waals surface area contributed by atoms with Crippen LogP contribution in [-0.2, 0) is 0 Å². The number of hydrogen-bond donors (Lipinski definition) is 3. The fourth-order valence-electron chi connectivity index (χ4n) is 2.26. The maximum Gasteiger partial charge on any atom is 0.315 e. The Kier molecular flexibility index (Phi) is 6.49. The first kappa shape index (κ1) is 17.0. The van der Waals surface area contributed by atoms with Crippen LogP contribution in [0.4, 0.5) is 4.79 Å². The van der Waals surface area contributed by atoms with Crippen LogP contribution in [-0.4, -0.2) is 23.8 Å². The number of thiophene rings is 1. The molecule has 1 aromatic rings. The van der Waals surface area contributed by atoms with Gasteiger partial charge in [-0.05, 0) is 36.6 Å². The monoisotopic (exact) mass is 298 g/mol. The zero-order valence-electron chi connectivity index (χ0n) is 12.8. The number of rotatable bonds is 7. The topological polar surface area (TPSA) is 61.4 Å². The SMILES string of the molecule is CCC(NC(=O)NCC(C)(C)CC(C)O)c1cccs1. The molecule has 0 saturated heterocycles. The highest BCUT2D eigenvalue weighted by atomic mass is 32.1. The van der Waals surface area contributed by atoms with E-state index < -0.39 is 0 Å². The van der Waals surface area contributed by atoms with E-state index in [2.05, 4.69) is 17.6 Å². The van der Waals surface area contributed by atoms with Gasteiger partial charge in [-0.25, -0.2) is 4.79 Å². The van der Waals surface area contributed by atoms with Gasteiger partial charge < -0.3 is 15.7 Å². The molecule has 0 radical (unpaired) electrons. The summed E-state index contributed by atoms with van der Waals surface area (Å²) in [5.74, 6) is 0. The first-order valence-corrected chi connectivity index (χ1v) is 7.98. The predicted octanol–water partition coefficient (Wildman–Crippen LogP) is 3.30. The third-order valence-electron chi connectivity index (χ3n) is 3.18. The second-order valence-electron chi connectivity index (χ2n) is 6.02. The van der Waals surface area contributed by atoms with Crippen LogP contribution in [0.2, 0.25) is 0 Å². The lowest BCUT2D eigenvalue weighted by atomic mass is 9.87. The molecule has 1 heterocycles. The molecule has 4 nitrogen and oxygen atoms in total. The van der Waals surface area contributed by atoms with Crippen molar-refractivity contribution in [1.82, 2.24) is 10.6 Å². The number of amides is 2. The van der Waals surface area contributed by atoms with Gasteiger partial charge in [0.2, 0.25) is 0 Å². The molecule has 1 rings (SSSR count). The van der Waals surface area contributed by atoms with Crippen LogP contribution >= 0.6 is 11.3 Å². The lowest BCUT2D eigenvalue weighted by molar-refractivity contribution is 0.128. The highest BCUT2D eigenvalue weighted by molar-refractivity contribution is 7.10. The van der Waals surface area contributed by atoms with Crippen LogP contribution in [0.15, 0.2) is 17.5 Å². The summed E-state index contributed by atoms with van der Waals surface area (Å²) in [6.45, 7) is 8.45. The largest absolute Gasteiger partial charge is 0.393 e. The molecule has 0 aromatic carbocycles. The van der Waals surface area contributed by atoms with E-state index >= 15 is 0 Å². The van der Waals surface area contributed by atoms with Crippen LogP contribution in [0.3, 0.4) is 0 Å². The molecule has 0 aliphatic rings. The Labute approximate surface area is 125 Å². The molecule has 3 N–H and O–H groups in total. The molecule has 5 heteroatoms. The molecule has 1 aromatic heterocycles. The summed E-state index contributed by atoms with van der Waals surface area (Å²) < 4.78 is 0. The Morgan fingerprint density at radius 2 is 2.20 bits per heavy atom. The van der Waals surface area contributed by atoms with Gasteiger partial charge in [-0.3, -0.25) is 0 Å². The van der Waals surface area contributed by atoms with Crippen LogP contribution in [0.25, 0.3) is 0 Å². The van der Waals surface area contributed by atoms with Gasteiger partial charge in [0.15, 0.2) is 0 Å². The number of carbonyl (C=O) groups is 1. The first-order chi connectivity index (χ1) is 9.34. The van der Waals surface area contributed by atoms with Gasteiger partial charge in [0.25, 0.3) is 0 Å². The van der Waals surface area contributed by atoms with Crippen molar-refractivity contribution in [2.24, 2.45) is 5.41 Å². The van der Waals surface area contributed by atoms with Crippen molar-refractivity contribution in [2.45, 2.75) is 52.7 Å². The third-order valence-corrected chi connectivity index (χ3v) is 4.16. The standard InChI is InChI=1S/C15H26N2O2S/c1-5-12(13-7-6-8-20-13)17-14(19)16-10-15(3,4)9-11(2)18/h6-8,11-12,18H,5,9-10H2,1-4H3,(H2,16,17,19). The molecule has 0 spiro atoms. The van der Waals surface area contributed by atoms with Crippen LogP contribution < -0.4 is 10.6 Å². The quantitative estimate of drug-likeness (QED) is 0.723. The number of nitrogens with one attached hydrogen (secondary N) is 2. The zero-order valence-corrected chi connectivity index (χ0v) is 13.6. The zero-order chi connectivity index (χ0) is 15.2. The summed E-state index contributed by atoms with van der Waals surface area (Å²) in [6, 6.07) is 3.95. The summed E-state index contributed by atoms with van der Waals surface area (Å²) >= 11 is 1.65. The minimum Gasteiger partial charge on any atom is -0.393 e. The van der Waals surface area contributed by atoms with Gasteiger partial charge in [0.05, 0.1) is 12.1 Å². The number of aliphatic hydroxyl groups excluding tert-OH is 1. The number of urea groups is 1. The Morgan fingerprint density at radius 3 is 2.70 bits per heavy atom. The Hall–Kier alpha value is -1.07. The van der Waals surface area contributed by atoms with Gasteiger partial charge in [-0.1, -0.05) is 26.8 Å². The van der Waals surface area contributed by atoms with Crippen molar-refractivity contribution in [3.05, 3.63) is 22.4 Å². The van der Waals surface area contributed by atoms with Gasteiger partial charge in [-0.15, -0.1) is 11.3 Å². The number of aliphatic hydroxyl groups is 1. The van der Waals surface area contributed by atoms with Crippen molar-refractivity contribution in [3.63, 3.8) is 0 Å². The average Bonchev–Trinajstić information content (AvgIpc) is 2.85. The highest BCUT2D eigenvalue weighted by Crippen LogP contribution is 2.22. The van der Waals surface area contributed by atoms with E-state index in [1.165, 1.54) is 4.88 Å². The van der Waals surface area contributed by atoms with E-state index in [1.54, 1.807) is 18.3 Å². The smallest absolute Gasteiger partial charge is 0.315 e. The van der Waals surface area contributed by atoms with Gasteiger partial charge in [0, 0.05) is 11.4 Å². The predicted molar refractivity (Wildman–Crippen MR) is 84.0 cm³/mol. The molecule has 2 atom stereocenters. The van der Waals surface area contributed by atoms with E-state index in [0.717, 1.165) is 6.42 Å². The molecule has 0 saturated carbocycles. The van der Waals surface area contributed by atoms with Crippen LogP contribution in [0, 0.1) is 5.41 Å². The average molecular weight is 298 g/mol. The van der Waals surface area contributed by atoms with Gasteiger partial charge in [0.1, 0.15) is 0 Å². The van der Waals surface area contributed by atoms with Crippen molar-refractivity contribution < 1.29 is 9.90 Å². The molecular formula is C15H26N2O2S. The third kappa shape index (κ3) is 5.92. The summed E-state index contributed by atoms with van der Waals surface area (Å²) in [5, 5.41) is 17.3. The van der Waals surface area contributed by atoms with Crippen molar-refractivity contribution in [3.8, 4) is 0 Å². The minimum absolute atomic E-state index is 0.0647. The summed E-state index contributed by atoms with van der Waals surface area (Å²) in [5.41, 5.74) is -0.115. The van der Waals surface area contributed by atoms with E-state index in [4.69, 9.17) is 0 Å². The molecule has 0 aliphatic carbocycles. The molecular weight excluding hydrogens is 272 g/mol. The maximum absolute atomic E-state index is 12.0. The summed E-state index contributed by atoms with van der Waals surface area (Å²) in [4.78, 5) is 13.1. The van der Waals surface area contributed by atoms with Crippen molar-refractivity contribution >= 4 is 17.4 Å². The Morgan fingerprint density at radius 1 is 1.50 bits per heavy atom. The number of carbonyl (C=O) groups excluding carboxylic acids is 1. The summed E-state index contributed by atoms with van der Waals surface area (Å²) in [6.07, 6.45) is 1.17. The van der Waals surface area contributed by atoms with E-state index in [-0.39, 0.29) is 23.6 Å². The van der Waals surface area contributed by atoms with E-state index in [0.29, 0.717) is 13.0 Å². The van der Waals surface area contributed by atoms with Crippen LogP contribution in [0.1, 0.15) is 51.5 Å². The maximum atomic E-state index is 12.0. The fraction of sp³-hybridized carbons (Fsp3) is 0.667. The van der Waals surface area contributed by atoms with Gasteiger partial charge in [-0.2, -0.15) is 0 Å². The number of hydrogen-bond acceptors (Lipinski definition) is 3. The molecule has 0 fully saturated rings. The van der Waals surface area contributed by atoms with Crippen molar-refractivity contribution in [1.29, 1.82) is 0 Å². The molecule has 2 unspecified atom stereocenters. The Balaban J connectivity index is 2.43. The highest BCUT2D eigenvalue weighted by Gasteiger charge is 2.22. The lowest BCUT2D eigenvalue weighted by Crippen LogP contribution is -2.42. The fourth-order valence-corrected chi connectivity index (χ4v) is 3.13. The molecule has 0 bridgehead atoms. The molecule has 0 aliphatic heterocycles. The molecule has 20 heavy (non-hydrogen) atoms. The Bertz CT molecular complexity index is 402. The normalized spacial score (nSPS) is 14.7. The summed E-state index contributed by atoms with van der Waals surface area (Å²) in [7, 11) is 0. The molecule has 2 amide bonds. The van der Waals surface area contributed by atoms with Crippen LogP contribution in [0.5, 0.6) is 0 Å². The first-order valence-electron chi connectivity index (χ1n) is 7.10. The van der Waals surface area contributed by atoms with E-state index in [9.17, 15) is 9.90 Å². The van der Waals surface area contributed by atoms with Gasteiger partial charge >= 0.3 is 6.03 Å². The van der Waals surface area contributed by atoms with E-state index in [1.807, 2.05) is 31.4 Å². The lowest BCUT2D eigenvalue weighted by Gasteiger charge is -2.27. The molecule has 114 valence electrons. The second kappa shape index (κ2) is 7.64.